The SMILES string of the molecule is CC[C@@]12C=CC[N+]3(CC[C@@]4(O)c5ccccc5N[C@]43CC1)C2. The van der Waals surface area contributed by atoms with Crippen molar-refractivity contribution in [2.75, 3.05) is 25.0 Å². The highest BCUT2D eigenvalue weighted by molar-refractivity contribution is 5.63. The number of para-hydroxylation sites is 1. The zero-order chi connectivity index (χ0) is 15.1. The fourth-order valence-electron chi connectivity index (χ4n) is 6.11. The molecule has 4 aliphatic rings. The van der Waals surface area contributed by atoms with E-state index >= 15 is 0 Å². The van der Waals surface area contributed by atoms with Crippen molar-refractivity contribution < 1.29 is 9.59 Å². The van der Waals surface area contributed by atoms with Crippen LogP contribution in [-0.2, 0) is 5.60 Å². The van der Waals surface area contributed by atoms with Gasteiger partial charge in [0.2, 0.25) is 5.66 Å². The smallest absolute Gasteiger partial charge is 0.206 e. The summed E-state index contributed by atoms with van der Waals surface area (Å²) in [5.41, 5.74) is 1.73. The first-order valence-electron chi connectivity index (χ1n) is 8.73. The molecule has 4 atom stereocenters. The van der Waals surface area contributed by atoms with E-state index in [0.717, 1.165) is 41.7 Å². The van der Waals surface area contributed by atoms with E-state index in [4.69, 9.17) is 0 Å². The minimum atomic E-state index is -0.700. The maximum atomic E-state index is 11.7. The molecule has 5 rings (SSSR count). The van der Waals surface area contributed by atoms with Gasteiger partial charge >= 0.3 is 0 Å². The average molecular weight is 297 g/mol. The molecule has 2 N–H and O–H groups in total. The van der Waals surface area contributed by atoms with Crippen LogP contribution in [0.5, 0.6) is 0 Å². The molecular formula is C19H25N2O+. The Hall–Kier alpha value is -1.32. The van der Waals surface area contributed by atoms with Crippen LogP contribution in [0.4, 0.5) is 5.69 Å². The number of anilines is 1. The first-order chi connectivity index (χ1) is 10.6. The third-order valence-corrected chi connectivity index (χ3v) is 7.34. The van der Waals surface area contributed by atoms with Gasteiger partial charge in [0.25, 0.3) is 0 Å². The lowest BCUT2D eigenvalue weighted by Crippen LogP contribution is -2.74. The summed E-state index contributed by atoms with van der Waals surface area (Å²) in [5, 5.41) is 15.6. The van der Waals surface area contributed by atoms with Crippen LogP contribution in [-0.4, -0.2) is 34.9 Å². The topological polar surface area (TPSA) is 32.3 Å². The van der Waals surface area contributed by atoms with Gasteiger partial charge < -0.3 is 10.4 Å². The van der Waals surface area contributed by atoms with Crippen LogP contribution in [0.3, 0.4) is 0 Å². The third-order valence-electron chi connectivity index (χ3n) is 7.34. The number of piperidine rings is 1. The summed E-state index contributed by atoms with van der Waals surface area (Å²) in [5.74, 6) is 0. The summed E-state index contributed by atoms with van der Waals surface area (Å²) in [6.45, 7) is 5.65. The lowest BCUT2D eigenvalue weighted by molar-refractivity contribution is -0.972. The quantitative estimate of drug-likeness (QED) is 0.617. The van der Waals surface area contributed by atoms with E-state index in [2.05, 4.69) is 48.7 Å². The van der Waals surface area contributed by atoms with E-state index in [1.165, 1.54) is 19.4 Å². The monoisotopic (exact) mass is 297 g/mol. The molecule has 0 aliphatic carbocycles. The van der Waals surface area contributed by atoms with Crippen molar-refractivity contribution in [3.63, 3.8) is 0 Å². The van der Waals surface area contributed by atoms with Gasteiger partial charge in [-0.05, 0) is 25.0 Å². The maximum Gasteiger partial charge on any atom is 0.206 e. The number of quaternary nitrogens is 1. The highest BCUT2D eigenvalue weighted by Crippen LogP contribution is 2.63. The number of hydrogen-bond donors (Lipinski definition) is 2. The predicted molar refractivity (Wildman–Crippen MR) is 87.3 cm³/mol. The molecule has 0 amide bonds. The molecule has 0 radical (unpaired) electrons. The Bertz CT molecular complexity index is 686. The summed E-state index contributed by atoms with van der Waals surface area (Å²) in [6.07, 6.45) is 9.21. The highest BCUT2D eigenvalue weighted by Gasteiger charge is 2.75. The van der Waals surface area contributed by atoms with Gasteiger partial charge in [0.05, 0.1) is 19.6 Å². The van der Waals surface area contributed by atoms with Crippen LogP contribution >= 0.6 is 0 Å². The van der Waals surface area contributed by atoms with Crippen LogP contribution in [0.1, 0.15) is 38.2 Å². The van der Waals surface area contributed by atoms with Crippen molar-refractivity contribution in [3.05, 3.63) is 42.0 Å². The lowest BCUT2D eigenvalue weighted by Gasteiger charge is -2.59. The molecule has 2 spiro atoms. The first-order valence-corrected chi connectivity index (χ1v) is 8.73. The molecule has 3 nitrogen and oxygen atoms in total. The Morgan fingerprint density at radius 1 is 1.23 bits per heavy atom. The molecule has 3 heteroatoms. The minimum absolute atomic E-state index is 0.208. The molecule has 0 aromatic heterocycles. The molecule has 4 aliphatic heterocycles. The number of fused-ring (bicyclic) bond motifs is 3. The molecular weight excluding hydrogens is 272 g/mol. The Labute approximate surface area is 132 Å². The van der Waals surface area contributed by atoms with Crippen molar-refractivity contribution in [2.24, 2.45) is 5.41 Å². The van der Waals surface area contributed by atoms with Crippen molar-refractivity contribution in [1.29, 1.82) is 0 Å². The summed E-state index contributed by atoms with van der Waals surface area (Å²) >= 11 is 0. The van der Waals surface area contributed by atoms with E-state index in [0.29, 0.717) is 5.41 Å². The lowest BCUT2D eigenvalue weighted by atomic mass is 9.68. The second-order valence-corrected chi connectivity index (χ2v) is 7.97. The van der Waals surface area contributed by atoms with Crippen LogP contribution in [0.15, 0.2) is 36.4 Å². The predicted octanol–water partition coefficient (Wildman–Crippen LogP) is 2.98. The molecule has 2 bridgehead atoms. The van der Waals surface area contributed by atoms with E-state index in [9.17, 15) is 5.11 Å². The van der Waals surface area contributed by atoms with Crippen LogP contribution in [0.2, 0.25) is 0 Å². The normalized spacial score (nSPS) is 47.5. The fraction of sp³-hybridized carbons (Fsp3) is 0.579. The maximum absolute atomic E-state index is 11.7. The second-order valence-electron chi connectivity index (χ2n) is 7.97. The molecule has 2 saturated heterocycles. The summed E-state index contributed by atoms with van der Waals surface area (Å²) < 4.78 is 1.03. The van der Waals surface area contributed by atoms with Gasteiger partial charge in [0.1, 0.15) is 0 Å². The third kappa shape index (κ3) is 1.20. The Morgan fingerprint density at radius 3 is 2.95 bits per heavy atom. The van der Waals surface area contributed by atoms with Crippen molar-refractivity contribution in [3.8, 4) is 0 Å². The number of nitrogens with one attached hydrogen (secondary N) is 1. The average Bonchev–Trinajstić information content (AvgIpc) is 2.94. The number of aliphatic hydroxyl groups is 1. The minimum Gasteiger partial charge on any atom is -0.377 e. The van der Waals surface area contributed by atoms with Gasteiger partial charge in [0.15, 0.2) is 5.60 Å². The molecule has 4 heterocycles. The van der Waals surface area contributed by atoms with E-state index in [1.54, 1.807) is 0 Å². The van der Waals surface area contributed by atoms with Crippen molar-refractivity contribution >= 4 is 5.69 Å². The van der Waals surface area contributed by atoms with Crippen LogP contribution in [0, 0.1) is 5.41 Å². The zero-order valence-corrected chi connectivity index (χ0v) is 13.3. The molecule has 116 valence electrons. The molecule has 0 saturated carbocycles. The van der Waals surface area contributed by atoms with Gasteiger partial charge in [-0.3, -0.25) is 4.48 Å². The molecule has 22 heavy (non-hydrogen) atoms. The Kier molecular flexibility index (Phi) is 2.25. The number of benzene rings is 1. The molecule has 1 unspecified atom stereocenters. The van der Waals surface area contributed by atoms with E-state index < -0.39 is 5.60 Å². The Balaban J connectivity index is 1.70. The highest BCUT2D eigenvalue weighted by atomic mass is 16.3. The standard InChI is InChI=1S/C19H25N2O/c1-2-17-8-5-12-21(14-17)13-11-18(22)15-6-3-4-7-16(15)20-19(18,21)10-9-17/h3-8,20,22H,2,9-14H2,1H3/q+1/t17-,18-,19+,21?/m1/s1. The summed E-state index contributed by atoms with van der Waals surface area (Å²) in [7, 11) is 0. The van der Waals surface area contributed by atoms with Crippen molar-refractivity contribution in [1.82, 2.24) is 0 Å². The van der Waals surface area contributed by atoms with E-state index in [-0.39, 0.29) is 5.66 Å². The fourth-order valence-corrected chi connectivity index (χ4v) is 6.11. The number of hydrogen-bond acceptors (Lipinski definition) is 2. The zero-order valence-electron chi connectivity index (χ0n) is 13.3. The van der Waals surface area contributed by atoms with Crippen LogP contribution in [0.25, 0.3) is 0 Å². The van der Waals surface area contributed by atoms with Gasteiger partial charge in [-0.2, -0.15) is 0 Å². The van der Waals surface area contributed by atoms with Gasteiger partial charge in [-0.15, -0.1) is 0 Å². The number of rotatable bonds is 1. The molecule has 1 aromatic rings. The van der Waals surface area contributed by atoms with Crippen LogP contribution < -0.4 is 5.32 Å². The number of nitrogens with zero attached hydrogens (tertiary/aromatic N) is 1. The molecule has 1 aromatic carbocycles. The van der Waals surface area contributed by atoms with E-state index in [1.807, 2.05) is 0 Å². The summed E-state index contributed by atoms with van der Waals surface area (Å²) in [4.78, 5) is 0. The largest absolute Gasteiger partial charge is 0.377 e. The van der Waals surface area contributed by atoms with Gasteiger partial charge in [-0.1, -0.05) is 31.2 Å². The first kappa shape index (κ1) is 13.1. The van der Waals surface area contributed by atoms with Gasteiger partial charge in [0, 0.05) is 29.5 Å². The summed E-state index contributed by atoms with van der Waals surface area (Å²) in [6, 6.07) is 8.40. The van der Waals surface area contributed by atoms with Crippen molar-refractivity contribution in [2.45, 2.75) is 43.9 Å². The van der Waals surface area contributed by atoms with Gasteiger partial charge in [-0.25, -0.2) is 0 Å². The molecule has 2 fully saturated rings. The second kappa shape index (κ2) is 3.77. The Morgan fingerprint density at radius 2 is 2.09 bits per heavy atom.